The van der Waals surface area contributed by atoms with E-state index in [4.69, 9.17) is 11.6 Å². The van der Waals surface area contributed by atoms with Crippen LogP contribution in [0.1, 0.15) is 27.3 Å². The van der Waals surface area contributed by atoms with Crippen LogP contribution in [0.25, 0.3) is 17.1 Å². The lowest BCUT2D eigenvalue weighted by atomic mass is 10.1. The van der Waals surface area contributed by atoms with Crippen molar-refractivity contribution >= 4 is 23.2 Å². The highest BCUT2D eigenvalue weighted by Gasteiger charge is 2.19. The van der Waals surface area contributed by atoms with Crippen molar-refractivity contribution in [2.75, 3.05) is 5.32 Å². The summed E-state index contributed by atoms with van der Waals surface area (Å²) in [4.78, 5) is 17.5. The standard InChI is InChI=1S/C24H21ClN4O/c1-15-5-8-18(9-6-15)23-27-22(28-29(23)20-12-10-19(25)11-13-20)24(30)26-21-14-16(2)4-7-17(21)3/h4-14H,1-3H3,(H,26,30). The molecule has 0 saturated carbocycles. The summed E-state index contributed by atoms with van der Waals surface area (Å²) in [6.07, 6.45) is 0. The first-order chi connectivity index (χ1) is 14.4. The number of carbonyl (C=O) groups is 1. The summed E-state index contributed by atoms with van der Waals surface area (Å²) in [6, 6.07) is 21.1. The number of hydrogen-bond donors (Lipinski definition) is 1. The maximum absolute atomic E-state index is 12.9. The van der Waals surface area contributed by atoms with Gasteiger partial charge in [-0.15, -0.1) is 5.10 Å². The Hall–Kier alpha value is -3.44. The molecule has 1 aromatic heterocycles. The van der Waals surface area contributed by atoms with E-state index in [0.29, 0.717) is 10.8 Å². The lowest BCUT2D eigenvalue weighted by Crippen LogP contribution is -2.15. The van der Waals surface area contributed by atoms with Gasteiger partial charge in [-0.1, -0.05) is 53.6 Å². The highest BCUT2D eigenvalue weighted by Crippen LogP contribution is 2.24. The maximum Gasteiger partial charge on any atom is 0.295 e. The van der Waals surface area contributed by atoms with Gasteiger partial charge in [0.15, 0.2) is 5.82 Å². The Bertz CT molecular complexity index is 1150. The van der Waals surface area contributed by atoms with Gasteiger partial charge in [-0.25, -0.2) is 9.67 Å². The van der Waals surface area contributed by atoms with Gasteiger partial charge in [0.2, 0.25) is 5.82 Å². The van der Waals surface area contributed by atoms with Crippen molar-refractivity contribution in [2.45, 2.75) is 20.8 Å². The van der Waals surface area contributed by atoms with Crippen molar-refractivity contribution in [1.82, 2.24) is 14.8 Å². The van der Waals surface area contributed by atoms with Crippen molar-refractivity contribution in [3.05, 3.63) is 94.3 Å². The van der Waals surface area contributed by atoms with E-state index in [1.807, 2.05) is 75.4 Å². The molecule has 0 unspecified atom stereocenters. The molecule has 3 aromatic carbocycles. The molecule has 0 spiro atoms. The molecule has 1 N–H and O–H groups in total. The molecule has 150 valence electrons. The average Bonchev–Trinajstić information content (AvgIpc) is 3.17. The zero-order valence-corrected chi connectivity index (χ0v) is 17.7. The number of anilines is 1. The van der Waals surface area contributed by atoms with Gasteiger partial charge in [0.25, 0.3) is 5.91 Å². The Labute approximate surface area is 180 Å². The molecule has 30 heavy (non-hydrogen) atoms. The van der Waals surface area contributed by atoms with Crippen LogP contribution in [0.15, 0.2) is 66.7 Å². The number of nitrogens with zero attached hydrogens (tertiary/aromatic N) is 3. The normalized spacial score (nSPS) is 10.8. The van der Waals surface area contributed by atoms with Gasteiger partial charge in [0.05, 0.1) is 5.69 Å². The van der Waals surface area contributed by atoms with Crippen molar-refractivity contribution in [1.29, 1.82) is 0 Å². The number of halogens is 1. The second kappa shape index (κ2) is 8.13. The van der Waals surface area contributed by atoms with E-state index in [1.54, 1.807) is 16.8 Å². The van der Waals surface area contributed by atoms with E-state index in [9.17, 15) is 4.79 Å². The smallest absolute Gasteiger partial charge is 0.295 e. The summed E-state index contributed by atoms with van der Waals surface area (Å²) in [5.41, 5.74) is 5.58. The highest BCUT2D eigenvalue weighted by atomic mass is 35.5. The van der Waals surface area contributed by atoms with Crippen molar-refractivity contribution < 1.29 is 4.79 Å². The summed E-state index contributed by atoms with van der Waals surface area (Å²) in [6.45, 7) is 5.96. The Morgan fingerprint density at radius 2 is 1.57 bits per heavy atom. The molecule has 0 fully saturated rings. The molecule has 4 rings (SSSR count). The second-order valence-corrected chi connectivity index (χ2v) is 7.72. The van der Waals surface area contributed by atoms with Crippen LogP contribution in [0.5, 0.6) is 0 Å². The summed E-state index contributed by atoms with van der Waals surface area (Å²) < 4.78 is 1.67. The molecule has 1 amide bonds. The number of aryl methyl sites for hydroxylation is 3. The fraction of sp³-hybridized carbons (Fsp3) is 0.125. The minimum absolute atomic E-state index is 0.0985. The molecule has 5 nitrogen and oxygen atoms in total. The number of amides is 1. The minimum Gasteiger partial charge on any atom is -0.319 e. The van der Waals surface area contributed by atoms with E-state index in [2.05, 4.69) is 15.4 Å². The van der Waals surface area contributed by atoms with Gasteiger partial charge in [0, 0.05) is 16.3 Å². The van der Waals surface area contributed by atoms with Gasteiger partial charge in [-0.2, -0.15) is 0 Å². The third-order valence-electron chi connectivity index (χ3n) is 4.83. The third kappa shape index (κ3) is 4.11. The van der Waals surface area contributed by atoms with Crippen LogP contribution in [0.2, 0.25) is 5.02 Å². The molecule has 0 atom stereocenters. The maximum atomic E-state index is 12.9. The number of nitrogens with one attached hydrogen (secondary N) is 1. The molecule has 0 aliphatic heterocycles. The quantitative estimate of drug-likeness (QED) is 0.459. The largest absolute Gasteiger partial charge is 0.319 e. The van der Waals surface area contributed by atoms with Crippen LogP contribution >= 0.6 is 11.6 Å². The van der Waals surface area contributed by atoms with Crippen molar-refractivity contribution in [3.63, 3.8) is 0 Å². The van der Waals surface area contributed by atoms with Gasteiger partial charge < -0.3 is 5.32 Å². The fourth-order valence-electron chi connectivity index (χ4n) is 3.11. The zero-order valence-electron chi connectivity index (χ0n) is 17.0. The molecule has 0 radical (unpaired) electrons. The van der Waals surface area contributed by atoms with Crippen LogP contribution in [-0.2, 0) is 0 Å². The predicted octanol–water partition coefficient (Wildman–Crippen LogP) is 5.77. The van der Waals surface area contributed by atoms with Crippen LogP contribution in [0.4, 0.5) is 5.69 Å². The average molecular weight is 417 g/mol. The molecular formula is C24H21ClN4O. The molecule has 4 aromatic rings. The Morgan fingerprint density at radius 3 is 2.27 bits per heavy atom. The second-order valence-electron chi connectivity index (χ2n) is 7.29. The molecule has 0 bridgehead atoms. The first kappa shape index (κ1) is 19.9. The van der Waals surface area contributed by atoms with Crippen molar-refractivity contribution in [2.24, 2.45) is 0 Å². The summed E-state index contributed by atoms with van der Waals surface area (Å²) in [7, 11) is 0. The Balaban J connectivity index is 1.76. The van der Waals surface area contributed by atoms with E-state index < -0.39 is 0 Å². The highest BCUT2D eigenvalue weighted by molar-refractivity contribution is 6.30. The molecule has 1 heterocycles. The predicted molar refractivity (Wildman–Crippen MR) is 120 cm³/mol. The minimum atomic E-state index is -0.357. The van der Waals surface area contributed by atoms with E-state index in [1.165, 1.54) is 0 Å². The van der Waals surface area contributed by atoms with Gasteiger partial charge >= 0.3 is 0 Å². The van der Waals surface area contributed by atoms with Crippen LogP contribution in [-0.4, -0.2) is 20.7 Å². The molecule has 6 heteroatoms. The lowest BCUT2D eigenvalue weighted by molar-refractivity contribution is 0.101. The summed E-state index contributed by atoms with van der Waals surface area (Å²) in [5.74, 6) is 0.328. The zero-order chi connectivity index (χ0) is 21.3. The monoisotopic (exact) mass is 416 g/mol. The number of benzene rings is 3. The number of rotatable bonds is 4. The summed E-state index contributed by atoms with van der Waals surface area (Å²) in [5, 5.41) is 8.07. The van der Waals surface area contributed by atoms with E-state index in [-0.39, 0.29) is 11.7 Å². The molecule has 0 aliphatic rings. The number of aromatic nitrogens is 3. The third-order valence-corrected chi connectivity index (χ3v) is 5.08. The molecule has 0 aliphatic carbocycles. The first-order valence-electron chi connectivity index (χ1n) is 9.59. The Morgan fingerprint density at radius 1 is 0.900 bits per heavy atom. The SMILES string of the molecule is Cc1ccc(-c2nc(C(=O)Nc3cc(C)ccc3C)nn2-c2ccc(Cl)cc2)cc1. The Kier molecular flexibility index (Phi) is 5.38. The van der Waals surface area contributed by atoms with E-state index >= 15 is 0 Å². The van der Waals surface area contributed by atoms with E-state index in [0.717, 1.165) is 33.6 Å². The molecule has 0 saturated heterocycles. The first-order valence-corrected chi connectivity index (χ1v) is 9.97. The molecular weight excluding hydrogens is 396 g/mol. The van der Waals surface area contributed by atoms with Gasteiger partial charge in [-0.3, -0.25) is 4.79 Å². The van der Waals surface area contributed by atoms with Crippen molar-refractivity contribution in [3.8, 4) is 17.1 Å². The number of carbonyl (C=O) groups excluding carboxylic acids is 1. The lowest BCUT2D eigenvalue weighted by Gasteiger charge is -2.07. The fourth-order valence-corrected chi connectivity index (χ4v) is 3.23. The summed E-state index contributed by atoms with van der Waals surface area (Å²) >= 11 is 6.04. The number of hydrogen-bond acceptors (Lipinski definition) is 3. The van der Waals surface area contributed by atoms with Gasteiger partial charge in [0.1, 0.15) is 0 Å². The van der Waals surface area contributed by atoms with Gasteiger partial charge in [-0.05, 0) is 62.2 Å². The van der Waals surface area contributed by atoms with Crippen LogP contribution in [0.3, 0.4) is 0 Å². The van der Waals surface area contributed by atoms with Crippen LogP contribution in [0, 0.1) is 20.8 Å². The topological polar surface area (TPSA) is 59.8 Å². The van der Waals surface area contributed by atoms with Crippen LogP contribution < -0.4 is 5.32 Å².